The average Bonchev–Trinajstić information content (AvgIpc) is 2.48. The number of fused-ring (bicyclic) bond motifs is 1. The Morgan fingerprint density at radius 1 is 1.50 bits per heavy atom. The first-order chi connectivity index (χ1) is 6.74. The molecule has 1 aromatic heterocycles. The Morgan fingerprint density at radius 3 is 2.93 bits per heavy atom. The van der Waals surface area contributed by atoms with Gasteiger partial charge in [0.05, 0.1) is 5.52 Å². The second kappa shape index (κ2) is 3.18. The van der Waals surface area contributed by atoms with Crippen molar-refractivity contribution in [3.63, 3.8) is 0 Å². The highest BCUT2D eigenvalue weighted by Gasteiger charge is 2.07. The van der Waals surface area contributed by atoms with Gasteiger partial charge in [-0.2, -0.15) is 0 Å². The molecule has 3 nitrogen and oxygen atoms in total. The summed E-state index contributed by atoms with van der Waals surface area (Å²) in [6.07, 6.45) is 1.25. The topological polar surface area (TPSA) is 42.2 Å². The van der Waals surface area contributed by atoms with Gasteiger partial charge in [-0.15, -0.1) is 0 Å². The maximum absolute atomic E-state index is 10.4. The number of phenolic OH excluding ortho intramolecular Hbond substituents is 1. The molecule has 0 radical (unpaired) electrons. The number of nitrogens with zero attached hydrogens (tertiary/aromatic N) is 1. The number of aromatic nitrogens is 1. The molecule has 0 saturated carbocycles. The monoisotopic (exact) mass is 189 g/mol. The molecule has 0 fully saturated rings. The zero-order chi connectivity index (χ0) is 10.1. The van der Waals surface area contributed by atoms with Crippen molar-refractivity contribution in [1.29, 1.82) is 0 Å². The number of phenols is 1. The highest BCUT2D eigenvalue weighted by Crippen LogP contribution is 2.26. The van der Waals surface area contributed by atoms with Crippen LogP contribution in [-0.2, 0) is 18.3 Å². The predicted octanol–water partition coefficient (Wildman–Crippen LogP) is 1.63. The van der Waals surface area contributed by atoms with Crippen molar-refractivity contribution in [2.75, 3.05) is 0 Å². The first kappa shape index (κ1) is 8.81. The van der Waals surface area contributed by atoms with Gasteiger partial charge < -0.3 is 14.5 Å². The lowest BCUT2D eigenvalue weighted by Crippen LogP contribution is -1.95. The van der Waals surface area contributed by atoms with Gasteiger partial charge in [-0.25, -0.2) is 0 Å². The number of hydrogen-bond acceptors (Lipinski definition) is 2. The molecular formula is C11H11NO2. The first-order valence-corrected chi connectivity index (χ1v) is 4.44. The van der Waals surface area contributed by atoms with Crippen LogP contribution in [0.3, 0.4) is 0 Å². The Labute approximate surface area is 81.6 Å². The van der Waals surface area contributed by atoms with E-state index in [4.69, 9.17) is 0 Å². The summed E-state index contributed by atoms with van der Waals surface area (Å²) in [5.41, 5.74) is 1.86. The van der Waals surface area contributed by atoms with Gasteiger partial charge in [0, 0.05) is 24.5 Å². The van der Waals surface area contributed by atoms with Crippen molar-refractivity contribution >= 4 is 17.2 Å². The van der Waals surface area contributed by atoms with Crippen LogP contribution in [0.15, 0.2) is 24.3 Å². The lowest BCUT2D eigenvalue weighted by atomic mass is 10.2. The van der Waals surface area contributed by atoms with E-state index in [1.165, 1.54) is 0 Å². The summed E-state index contributed by atoms with van der Waals surface area (Å²) < 4.78 is 1.92. The summed E-state index contributed by atoms with van der Waals surface area (Å²) in [6.45, 7) is 0. The van der Waals surface area contributed by atoms with Crippen LogP contribution in [0, 0.1) is 0 Å². The molecule has 0 amide bonds. The first-order valence-electron chi connectivity index (χ1n) is 4.44. The minimum absolute atomic E-state index is 0.259. The maximum Gasteiger partial charge on any atom is 0.125 e. The molecule has 14 heavy (non-hydrogen) atoms. The Balaban J connectivity index is 2.72. The fourth-order valence-corrected chi connectivity index (χ4v) is 1.68. The van der Waals surface area contributed by atoms with Gasteiger partial charge in [-0.3, -0.25) is 0 Å². The Morgan fingerprint density at radius 2 is 2.29 bits per heavy atom. The van der Waals surface area contributed by atoms with Crippen LogP contribution in [-0.4, -0.2) is 16.0 Å². The predicted molar refractivity (Wildman–Crippen MR) is 54.4 cm³/mol. The van der Waals surface area contributed by atoms with E-state index in [9.17, 15) is 9.90 Å². The molecule has 0 atom stereocenters. The fraction of sp³-hybridized carbons (Fsp3) is 0.182. The molecule has 0 aliphatic rings. The minimum Gasteiger partial charge on any atom is -0.507 e. The number of aryl methyl sites for hydroxylation is 1. The van der Waals surface area contributed by atoms with E-state index >= 15 is 0 Å². The number of hydrogen-bond donors (Lipinski definition) is 1. The van der Waals surface area contributed by atoms with E-state index in [2.05, 4.69) is 0 Å². The number of aldehydes is 1. The molecule has 0 aliphatic carbocycles. The Hall–Kier alpha value is -1.77. The molecule has 0 unspecified atom stereocenters. The third-order valence-corrected chi connectivity index (χ3v) is 2.46. The summed E-state index contributed by atoms with van der Waals surface area (Å²) in [5, 5.41) is 10.4. The van der Waals surface area contributed by atoms with E-state index in [1.807, 2.05) is 23.7 Å². The van der Waals surface area contributed by atoms with Crippen LogP contribution < -0.4 is 0 Å². The molecule has 2 aromatic rings. The minimum atomic E-state index is 0.259. The van der Waals surface area contributed by atoms with Gasteiger partial charge in [-0.1, -0.05) is 6.07 Å². The van der Waals surface area contributed by atoms with Crippen molar-refractivity contribution < 1.29 is 9.90 Å². The molecule has 2 rings (SSSR count). The normalized spacial score (nSPS) is 10.6. The van der Waals surface area contributed by atoms with Gasteiger partial charge in [0.15, 0.2) is 0 Å². The lowest BCUT2D eigenvalue weighted by molar-refractivity contribution is -0.107. The van der Waals surface area contributed by atoms with Crippen molar-refractivity contribution in [1.82, 2.24) is 4.57 Å². The second-order valence-corrected chi connectivity index (χ2v) is 3.28. The van der Waals surface area contributed by atoms with Gasteiger partial charge >= 0.3 is 0 Å². The zero-order valence-electron chi connectivity index (χ0n) is 7.90. The molecule has 72 valence electrons. The summed E-state index contributed by atoms with van der Waals surface area (Å²) in [6, 6.07) is 7.21. The number of aromatic hydroxyl groups is 1. The lowest BCUT2D eigenvalue weighted by Gasteiger charge is -1.99. The third-order valence-electron chi connectivity index (χ3n) is 2.46. The van der Waals surface area contributed by atoms with Gasteiger partial charge in [0.25, 0.3) is 0 Å². The van der Waals surface area contributed by atoms with E-state index in [1.54, 1.807) is 12.1 Å². The van der Waals surface area contributed by atoms with E-state index in [-0.39, 0.29) is 5.75 Å². The summed E-state index contributed by atoms with van der Waals surface area (Å²) >= 11 is 0. The fourth-order valence-electron chi connectivity index (χ4n) is 1.68. The SMILES string of the molecule is Cn1c(CC=O)cc2c(O)cccc21. The summed E-state index contributed by atoms with van der Waals surface area (Å²) in [5.74, 6) is 0.259. The van der Waals surface area contributed by atoms with Crippen LogP contribution in [0.1, 0.15) is 5.69 Å². The van der Waals surface area contributed by atoms with Crippen molar-refractivity contribution in [3.8, 4) is 5.75 Å². The van der Waals surface area contributed by atoms with Gasteiger partial charge in [0.2, 0.25) is 0 Å². The van der Waals surface area contributed by atoms with Crippen molar-refractivity contribution in [3.05, 3.63) is 30.0 Å². The molecule has 0 aliphatic heterocycles. The number of benzene rings is 1. The van der Waals surface area contributed by atoms with Crippen LogP contribution in [0.5, 0.6) is 5.75 Å². The highest BCUT2D eigenvalue weighted by atomic mass is 16.3. The van der Waals surface area contributed by atoms with Crippen LogP contribution >= 0.6 is 0 Å². The van der Waals surface area contributed by atoms with E-state index in [0.29, 0.717) is 6.42 Å². The quantitative estimate of drug-likeness (QED) is 0.729. The molecule has 1 heterocycles. The summed E-state index contributed by atoms with van der Waals surface area (Å²) in [7, 11) is 1.89. The van der Waals surface area contributed by atoms with E-state index in [0.717, 1.165) is 22.9 Å². The Bertz CT molecular complexity index is 485. The number of rotatable bonds is 2. The molecular weight excluding hydrogens is 178 g/mol. The Kier molecular flexibility index (Phi) is 2.00. The van der Waals surface area contributed by atoms with Gasteiger partial charge in [-0.05, 0) is 18.2 Å². The largest absolute Gasteiger partial charge is 0.507 e. The highest BCUT2D eigenvalue weighted by molar-refractivity contribution is 5.87. The zero-order valence-corrected chi connectivity index (χ0v) is 7.90. The standard InChI is InChI=1S/C11H11NO2/c1-12-8(5-6-13)7-9-10(12)3-2-4-11(9)14/h2-4,6-7,14H,5H2,1H3. The van der Waals surface area contributed by atoms with Crippen LogP contribution in [0.25, 0.3) is 10.9 Å². The average molecular weight is 189 g/mol. The van der Waals surface area contributed by atoms with Crippen molar-refractivity contribution in [2.45, 2.75) is 6.42 Å². The third kappa shape index (κ3) is 1.18. The molecule has 0 saturated heterocycles. The number of carbonyl (C=O) groups is 1. The van der Waals surface area contributed by atoms with Crippen molar-refractivity contribution in [2.24, 2.45) is 7.05 Å². The molecule has 0 spiro atoms. The summed E-state index contributed by atoms with van der Waals surface area (Å²) in [4.78, 5) is 10.4. The number of carbonyl (C=O) groups excluding carboxylic acids is 1. The van der Waals surface area contributed by atoms with E-state index < -0.39 is 0 Å². The second-order valence-electron chi connectivity index (χ2n) is 3.28. The van der Waals surface area contributed by atoms with Crippen LogP contribution in [0.4, 0.5) is 0 Å². The smallest absolute Gasteiger partial charge is 0.125 e. The molecule has 1 aromatic carbocycles. The van der Waals surface area contributed by atoms with Gasteiger partial charge in [0.1, 0.15) is 12.0 Å². The molecule has 3 heteroatoms. The van der Waals surface area contributed by atoms with Crippen LogP contribution in [0.2, 0.25) is 0 Å². The maximum atomic E-state index is 10.4. The molecule has 1 N–H and O–H groups in total. The molecule has 0 bridgehead atoms.